The molecule has 0 aromatic carbocycles. The maximum Gasteiger partial charge on any atom is 0.308 e. The molecule has 3 aromatic heterocycles. The average Bonchev–Trinajstić information content (AvgIpc) is 4.03. The van der Waals surface area contributed by atoms with Crippen LogP contribution in [0.4, 0.5) is 0 Å². The lowest BCUT2D eigenvalue weighted by Crippen LogP contribution is -2.36. The fourth-order valence-corrected chi connectivity index (χ4v) is 7.41. The van der Waals surface area contributed by atoms with Gasteiger partial charge in [-0.05, 0) is 50.0 Å². The lowest BCUT2D eigenvalue weighted by atomic mass is 9.86. The number of hydrogen-bond donors (Lipinski definition) is 2. The Morgan fingerprint density at radius 1 is 1.00 bits per heavy atom. The highest BCUT2D eigenvalue weighted by Crippen LogP contribution is 2.32. The van der Waals surface area contributed by atoms with E-state index in [2.05, 4.69) is 15.0 Å². The quantitative estimate of drug-likeness (QED) is 0.129. The molecule has 3 aromatic rings. The number of rotatable bonds is 15. The van der Waals surface area contributed by atoms with Crippen molar-refractivity contribution in [1.29, 1.82) is 0 Å². The third-order valence-electron chi connectivity index (χ3n) is 11.4. The molecule has 3 N–H and O–H groups in total. The van der Waals surface area contributed by atoms with Crippen molar-refractivity contribution >= 4 is 30.0 Å². The van der Waals surface area contributed by atoms with Gasteiger partial charge in [0.2, 0.25) is 24.1 Å². The van der Waals surface area contributed by atoms with E-state index in [1.54, 1.807) is 46.5 Å². The summed E-state index contributed by atoms with van der Waals surface area (Å²) < 4.78 is 40.3. The summed E-state index contributed by atoms with van der Waals surface area (Å²) in [5.41, 5.74) is 7.39. The Morgan fingerprint density at radius 2 is 1.69 bits per heavy atom. The summed E-state index contributed by atoms with van der Waals surface area (Å²) in [5, 5.41) is 10.9. The highest BCUT2D eigenvalue weighted by molar-refractivity contribution is 5.82. The van der Waals surface area contributed by atoms with Crippen LogP contribution in [0.3, 0.4) is 0 Å². The molecule has 1 amide bonds. The lowest BCUT2D eigenvalue weighted by Gasteiger charge is -2.31. The van der Waals surface area contributed by atoms with E-state index in [-0.39, 0.29) is 72.6 Å². The molecular weight excluding hydrogens is 791 g/mol. The number of nitrogens with two attached hydrogens (primary N) is 1. The Kier molecular flexibility index (Phi) is 19.2. The van der Waals surface area contributed by atoms with E-state index in [4.69, 9.17) is 37.9 Å². The van der Waals surface area contributed by atoms with E-state index in [9.17, 15) is 24.3 Å². The highest BCUT2D eigenvalue weighted by atomic mass is 16.5. The van der Waals surface area contributed by atoms with Crippen LogP contribution in [-0.2, 0) is 38.1 Å². The van der Waals surface area contributed by atoms with Gasteiger partial charge < -0.3 is 47.9 Å². The van der Waals surface area contributed by atoms with Crippen LogP contribution in [0.2, 0.25) is 0 Å². The summed E-state index contributed by atoms with van der Waals surface area (Å²) >= 11 is 0. The first-order valence-electron chi connectivity index (χ1n) is 20.8. The Labute approximate surface area is 357 Å². The molecule has 61 heavy (non-hydrogen) atoms. The van der Waals surface area contributed by atoms with Crippen molar-refractivity contribution in [2.75, 3.05) is 28.4 Å². The third kappa shape index (κ3) is 14.4. The van der Waals surface area contributed by atoms with Crippen molar-refractivity contribution in [3.8, 4) is 23.2 Å². The molecule has 10 atom stereocenters. The molecule has 0 fully saturated rings. The van der Waals surface area contributed by atoms with Gasteiger partial charge in [0, 0.05) is 71.7 Å². The van der Waals surface area contributed by atoms with E-state index < -0.39 is 36.2 Å². The predicted molar refractivity (Wildman–Crippen MR) is 223 cm³/mol. The Morgan fingerprint density at radius 3 is 2.39 bits per heavy atom. The number of fused-ring (bicyclic) bond motifs is 8. The van der Waals surface area contributed by atoms with Crippen LogP contribution in [0, 0.1) is 23.7 Å². The van der Waals surface area contributed by atoms with E-state index in [1.165, 1.54) is 30.8 Å². The second-order valence-corrected chi connectivity index (χ2v) is 16.1. The molecule has 4 rings (SSSR count). The minimum atomic E-state index is -1.16. The molecular formula is C44H63N5O12. The number of allylic oxidation sites excluding steroid dienone is 1. The van der Waals surface area contributed by atoms with Crippen LogP contribution in [0.15, 0.2) is 50.4 Å². The van der Waals surface area contributed by atoms with Crippen LogP contribution >= 0.6 is 0 Å². The first-order chi connectivity index (χ1) is 29.2. The van der Waals surface area contributed by atoms with Gasteiger partial charge >= 0.3 is 5.97 Å². The first kappa shape index (κ1) is 48.9. The third-order valence-corrected chi connectivity index (χ3v) is 11.4. The fraction of sp³-hybridized carbons (Fsp3) is 0.614. The summed E-state index contributed by atoms with van der Waals surface area (Å²) in [4.78, 5) is 65.8. The van der Waals surface area contributed by atoms with E-state index >= 15 is 0 Å². The minimum Gasteiger partial charge on any atom is -0.462 e. The minimum absolute atomic E-state index is 0.0125. The summed E-state index contributed by atoms with van der Waals surface area (Å²) in [7, 11) is 6.25. The molecule has 0 aliphatic carbocycles. The number of ketones is 2. The van der Waals surface area contributed by atoms with Crippen molar-refractivity contribution in [3.05, 3.63) is 48.7 Å². The number of carbonyl (C=O) groups excluding carboxylic acids is 4. The smallest absolute Gasteiger partial charge is 0.308 e. The first-order valence-corrected chi connectivity index (χ1v) is 20.8. The molecule has 1 aliphatic rings. The number of amides is 1. The number of oxazole rings is 3. The Bertz CT molecular complexity index is 1900. The van der Waals surface area contributed by atoms with Gasteiger partial charge in [0.05, 0.1) is 24.7 Å². The zero-order valence-electron chi connectivity index (χ0n) is 36.6. The van der Waals surface area contributed by atoms with Crippen LogP contribution < -0.4 is 5.73 Å². The van der Waals surface area contributed by atoms with E-state index in [1.807, 2.05) is 26.8 Å². The number of aliphatic hydroxyl groups is 1. The summed E-state index contributed by atoms with van der Waals surface area (Å²) in [6, 6.07) is -0.742. The number of nitrogens with zero attached hydrogens (tertiary/aromatic N) is 4. The van der Waals surface area contributed by atoms with Crippen molar-refractivity contribution < 1.29 is 56.5 Å². The molecule has 0 unspecified atom stereocenters. The number of aliphatic hydroxyl groups excluding tert-OH is 1. The molecule has 6 bridgehead atoms. The molecule has 1 aliphatic heterocycles. The molecule has 336 valence electrons. The number of ether oxygens (including phenoxy) is 4. The van der Waals surface area contributed by atoms with Gasteiger partial charge in [-0.1, -0.05) is 39.8 Å². The monoisotopic (exact) mass is 853 g/mol. The molecule has 0 spiro atoms. The number of aromatic nitrogens is 3. The Hall–Kier alpha value is -4.81. The van der Waals surface area contributed by atoms with Crippen molar-refractivity contribution in [1.82, 2.24) is 19.9 Å². The summed E-state index contributed by atoms with van der Waals surface area (Å²) in [6.07, 6.45) is 11.2. The topological polar surface area (TPSA) is 233 Å². The number of carbonyl (C=O) groups is 4. The van der Waals surface area contributed by atoms with Gasteiger partial charge in [-0.3, -0.25) is 19.2 Å². The van der Waals surface area contributed by atoms with Crippen LogP contribution in [0.5, 0.6) is 0 Å². The zero-order valence-corrected chi connectivity index (χ0v) is 36.6. The van der Waals surface area contributed by atoms with Crippen molar-refractivity contribution in [2.24, 2.45) is 29.4 Å². The molecule has 0 radical (unpaired) electrons. The summed E-state index contributed by atoms with van der Waals surface area (Å²) in [5.74, 6) is -1.36. The van der Waals surface area contributed by atoms with Gasteiger partial charge in [-0.2, -0.15) is 0 Å². The SMILES string of the molecule is CO[C@@H](C[C@@H]1OC(=O)C[C@@H](O)C[C@H](N)CC(=O)[C@H](C)[C@H](OC)c2coc(n2)-c2coc(n2)-c2coc(n2)C=CCC[C@H]1C)[C@@H](C)CCC(=O)[C@H](C)[C@@H](CC=CN(C)C=O)OC. The number of cyclic esters (lactones) is 1. The van der Waals surface area contributed by atoms with E-state index in [0.29, 0.717) is 67.9 Å². The fourth-order valence-electron chi connectivity index (χ4n) is 7.41. The molecule has 17 heteroatoms. The van der Waals surface area contributed by atoms with Gasteiger partial charge in [0.1, 0.15) is 48.3 Å². The number of hydrogen-bond acceptors (Lipinski definition) is 16. The Balaban J connectivity index is 1.49. The lowest BCUT2D eigenvalue weighted by molar-refractivity contribution is -0.156. The van der Waals surface area contributed by atoms with Gasteiger partial charge in [0.15, 0.2) is 11.4 Å². The van der Waals surface area contributed by atoms with Crippen molar-refractivity contribution in [2.45, 2.75) is 122 Å². The maximum absolute atomic E-state index is 13.4. The standard InChI is InChI=1S/C44H63N5O12/c1-26-12-9-10-14-40-46-33(23-58-40)43-48-34(24-60-43)44-47-32(22-59-44)42(57-8)29(4)36(53)19-30(45)18-31(51)20-41(54)61-39(26)21-38(56-7)27(2)15-16-35(52)28(3)37(55-6)13-11-17-49(5)25-50/h10-11,14,17,22-31,37-39,42,51H,9,12-13,15-16,18-21,45H2,1-8H3/t26-,27+,28+,29+,30+,31+,37-,38+,39+,42+/m1/s1. The number of Topliss-reactive ketones (excluding diaryl/α,β-unsaturated/α-hetero) is 2. The van der Waals surface area contributed by atoms with Gasteiger partial charge in [-0.25, -0.2) is 15.0 Å². The molecule has 0 saturated carbocycles. The number of methoxy groups -OCH3 is 3. The second kappa shape index (κ2) is 24.0. The predicted octanol–water partition coefficient (Wildman–Crippen LogP) is 6.12. The van der Waals surface area contributed by atoms with Crippen LogP contribution in [-0.4, -0.2) is 108 Å². The largest absolute Gasteiger partial charge is 0.462 e. The van der Waals surface area contributed by atoms with Crippen molar-refractivity contribution in [3.63, 3.8) is 0 Å². The van der Waals surface area contributed by atoms with Gasteiger partial charge in [-0.15, -0.1) is 0 Å². The molecule has 17 nitrogen and oxygen atoms in total. The van der Waals surface area contributed by atoms with E-state index in [0.717, 1.165) is 0 Å². The zero-order chi connectivity index (χ0) is 44.6. The molecule has 4 heterocycles. The normalized spacial score (nSPS) is 24.3. The van der Waals surface area contributed by atoms with Gasteiger partial charge in [0.25, 0.3) is 0 Å². The molecule has 0 saturated heterocycles. The highest BCUT2D eigenvalue weighted by Gasteiger charge is 2.33. The maximum atomic E-state index is 13.4. The number of esters is 1. The second-order valence-electron chi connectivity index (χ2n) is 16.1. The summed E-state index contributed by atoms with van der Waals surface area (Å²) in [6.45, 7) is 7.53. The average molecular weight is 854 g/mol. The van der Waals surface area contributed by atoms with Crippen LogP contribution in [0.1, 0.15) is 103 Å². The van der Waals surface area contributed by atoms with Crippen LogP contribution in [0.25, 0.3) is 29.2 Å².